The van der Waals surface area contributed by atoms with Gasteiger partial charge in [0.15, 0.2) is 0 Å². The molecule has 5 heteroatoms. The number of aromatic nitrogens is 1. The summed E-state index contributed by atoms with van der Waals surface area (Å²) in [6.07, 6.45) is 3.79. The van der Waals surface area contributed by atoms with Crippen LogP contribution in [0, 0.1) is 0 Å². The maximum Gasteiger partial charge on any atom is 0.347 e. The summed E-state index contributed by atoms with van der Waals surface area (Å²) in [5.74, 6) is -0.446. The molecule has 1 aromatic rings. The number of rotatable bonds is 3. The molecule has 0 aromatic carbocycles. The lowest BCUT2D eigenvalue weighted by Gasteiger charge is -2.30. The number of carboxylic acid groups (broad SMARTS) is 1. The Morgan fingerprint density at radius 1 is 1.75 bits per heavy atom. The molecule has 4 nitrogen and oxygen atoms in total. The van der Waals surface area contributed by atoms with Crippen molar-refractivity contribution in [3.8, 4) is 0 Å². The topological polar surface area (TPSA) is 53.4 Å². The molecule has 1 aliphatic heterocycles. The first-order chi connectivity index (χ1) is 7.70. The van der Waals surface area contributed by atoms with E-state index in [1.165, 1.54) is 24.0 Å². The lowest BCUT2D eigenvalue weighted by molar-refractivity contribution is 0.0702. The summed E-state index contributed by atoms with van der Waals surface area (Å²) < 4.78 is 0. The van der Waals surface area contributed by atoms with Crippen molar-refractivity contribution in [2.75, 3.05) is 19.6 Å². The molecule has 1 aromatic heterocycles. The molecule has 0 amide bonds. The first kappa shape index (κ1) is 11.5. The first-order valence-electron chi connectivity index (χ1n) is 5.62. The van der Waals surface area contributed by atoms with Crippen molar-refractivity contribution < 1.29 is 9.90 Å². The number of carboxylic acids is 1. The third-order valence-corrected chi connectivity index (χ3v) is 4.18. The van der Waals surface area contributed by atoms with Crippen LogP contribution in [0.15, 0.2) is 6.20 Å². The Kier molecular flexibility index (Phi) is 3.56. The Morgan fingerprint density at radius 3 is 3.19 bits per heavy atom. The molecule has 1 fully saturated rings. The Morgan fingerprint density at radius 2 is 2.56 bits per heavy atom. The Bertz CT molecular complexity index is 378. The summed E-state index contributed by atoms with van der Waals surface area (Å²) in [5.41, 5.74) is 0. The summed E-state index contributed by atoms with van der Waals surface area (Å²) in [5, 5.41) is 9.84. The van der Waals surface area contributed by atoms with E-state index in [0.717, 1.165) is 31.1 Å². The summed E-state index contributed by atoms with van der Waals surface area (Å²) in [7, 11) is 0. The lowest BCUT2D eigenvalue weighted by Crippen LogP contribution is -2.33. The maximum absolute atomic E-state index is 10.8. The van der Waals surface area contributed by atoms with E-state index in [1.807, 2.05) is 0 Å². The summed E-state index contributed by atoms with van der Waals surface area (Å²) in [6.45, 7) is 5.40. The minimum atomic E-state index is -0.869. The molecule has 0 radical (unpaired) electrons. The third-order valence-electron chi connectivity index (χ3n) is 3.04. The van der Waals surface area contributed by atoms with Gasteiger partial charge in [-0.2, -0.15) is 0 Å². The molecule has 1 aliphatic rings. The van der Waals surface area contributed by atoms with Crippen molar-refractivity contribution in [1.82, 2.24) is 9.88 Å². The Balaban J connectivity index is 2.08. The second kappa shape index (κ2) is 4.93. The number of hydrogen-bond acceptors (Lipinski definition) is 4. The van der Waals surface area contributed by atoms with E-state index in [4.69, 9.17) is 5.11 Å². The lowest BCUT2D eigenvalue weighted by atomic mass is 9.99. The van der Waals surface area contributed by atoms with Crippen molar-refractivity contribution >= 4 is 17.3 Å². The van der Waals surface area contributed by atoms with Gasteiger partial charge in [-0.15, -0.1) is 11.3 Å². The summed E-state index contributed by atoms with van der Waals surface area (Å²) >= 11 is 1.32. The van der Waals surface area contributed by atoms with Gasteiger partial charge in [-0.1, -0.05) is 6.92 Å². The fourth-order valence-electron chi connectivity index (χ4n) is 2.12. The zero-order chi connectivity index (χ0) is 11.5. The monoisotopic (exact) mass is 240 g/mol. The zero-order valence-corrected chi connectivity index (χ0v) is 10.2. The fraction of sp³-hybridized carbons (Fsp3) is 0.636. The minimum Gasteiger partial charge on any atom is -0.477 e. The van der Waals surface area contributed by atoms with E-state index < -0.39 is 5.97 Å². The number of piperidine rings is 1. The second-order valence-electron chi connectivity index (χ2n) is 4.10. The smallest absolute Gasteiger partial charge is 0.347 e. The highest BCUT2D eigenvalue weighted by Crippen LogP contribution is 2.29. The molecule has 1 unspecified atom stereocenters. The molecular weight excluding hydrogens is 224 g/mol. The quantitative estimate of drug-likeness (QED) is 0.878. The van der Waals surface area contributed by atoms with E-state index in [0.29, 0.717) is 10.8 Å². The third kappa shape index (κ3) is 2.41. The van der Waals surface area contributed by atoms with Gasteiger partial charge in [-0.05, 0) is 25.9 Å². The number of thiazole rings is 1. The number of hydrogen-bond donors (Lipinski definition) is 1. The van der Waals surface area contributed by atoms with E-state index in [9.17, 15) is 4.79 Å². The molecule has 0 spiro atoms. The molecule has 2 rings (SSSR count). The van der Waals surface area contributed by atoms with Crippen molar-refractivity contribution in [3.63, 3.8) is 0 Å². The average Bonchev–Trinajstić information content (AvgIpc) is 2.78. The fourth-order valence-corrected chi connectivity index (χ4v) is 3.00. The van der Waals surface area contributed by atoms with Crippen molar-refractivity contribution in [1.29, 1.82) is 0 Å². The van der Waals surface area contributed by atoms with Crippen LogP contribution in [0.4, 0.5) is 0 Å². The van der Waals surface area contributed by atoms with Crippen LogP contribution in [-0.4, -0.2) is 40.6 Å². The van der Waals surface area contributed by atoms with E-state index in [1.54, 1.807) is 0 Å². The molecule has 16 heavy (non-hydrogen) atoms. The van der Waals surface area contributed by atoms with Crippen LogP contribution in [0.1, 0.15) is 40.4 Å². The molecule has 88 valence electrons. The van der Waals surface area contributed by atoms with Crippen LogP contribution in [0.5, 0.6) is 0 Å². The molecule has 1 saturated heterocycles. The largest absolute Gasteiger partial charge is 0.477 e. The van der Waals surface area contributed by atoms with Gasteiger partial charge in [-0.25, -0.2) is 9.78 Å². The first-order valence-corrected chi connectivity index (χ1v) is 6.43. The minimum absolute atomic E-state index is 0.351. The van der Waals surface area contributed by atoms with Gasteiger partial charge in [0.05, 0.1) is 11.2 Å². The van der Waals surface area contributed by atoms with Gasteiger partial charge in [-0.3, -0.25) is 0 Å². The van der Waals surface area contributed by atoms with Crippen LogP contribution in [0.3, 0.4) is 0 Å². The van der Waals surface area contributed by atoms with Gasteiger partial charge in [0.1, 0.15) is 4.88 Å². The Hall–Kier alpha value is -0.940. The number of carbonyl (C=O) groups is 1. The van der Waals surface area contributed by atoms with Crippen molar-refractivity contribution in [2.24, 2.45) is 0 Å². The summed E-state index contributed by atoms with van der Waals surface area (Å²) in [6, 6.07) is 0. The maximum atomic E-state index is 10.8. The van der Waals surface area contributed by atoms with E-state index in [-0.39, 0.29) is 0 Å². The summed E-state index contributed by atoms with van der Waals surface area (Å²) in [4.78, 5) is 17.8. The van der Waals surface area contributed by atoms with Crippen LogP contribution < -0.4 is 0 Å². The molecular formula is C11H16N2O2S. The van der Waals surface area contributed by atoms with Gasteiger partial charge >= 0.3 is 5.97 Å². The van der Waals surface area contributed by atoms with Crippen LogP contribution >= 0.6 is 11.3 Å². The average molecular weight is 240 g/mol. The predicted molar refractivity (Wildman–Crippen MR) is 63.2 cm³/mol. The van der Waals surface area contributed by atoms with Crippen molar-refractivity contribution in [3.05, 3.63) is 16.1 Å². The molecule has 2 heterocycles. The van der Waals surface area contributed by atoms with E-state index in [2.05, 4.69) is 16.8 Å². The second-order valence-corrected chi connectivity index (χ2v) is 5.16. The van der Waals surface area contributed by atoms with Gasteiger partial charge in [0, 0.05) is 12.5 Å². The number of nitrogens with zero attached hydrogens (tertiary/aromatic N) is 2. The molecule has 0 bridgehead atoms. The van der Waals surface area contributed by atoms with Crippen LogP contribution in [0.25, 0.3) is 0 Å². The van der Waals surface area contributed by atoms with Gasteiger partial charge < -0.3 is 10.0 Å². The highest BCUT2D eigenvalue weighted by atomic mass is 32.1. The van der Waals surface area contributed by atoms with E-state index >= 15 is 0 Å². The van der Waals surface area contributed by atoms with Gasteiger partial charge in [0.25, 0.3) is 0 Å². The normalized spacial score (nSPS) is 22.2. The standard InChI is InChI=1S/C11H16N2O2S/c1-2-13-5-3-4-8(7-13)10-12-6-9(16-10)11(14)15/h6,8H,2-5,7H2,1H3,(H,14,15). The predicted octanol–water partition coefficient (Wildman–Crippen LogP) is 2.04. The molecule has 0 saturated carbocycles. The molecule has 0 aliphatic carbocycles. The zero-order valence-electron chi connectivity index (χ0n) is 9.35. The van der Waals surface area contributed by atoms with Crippen LogP contribution in [-0.2, 0) is 0 Å². The number of likely N-dealkylation sites (N-methyl/N-ethyl adjacent to an activating group) is 1. The Labute approximate surface area is 98.9 Å². The SMILES string of the molecule is CCN1CCCC(c2ncc(C(=O)O)s2)C1. The highest BCUT2D eigenvalue weighted by molar-refractivity contribution is 7.13. The van der Waals surface area contributed by atoms with Crippen molar-refractivity contribution in [2.45, 2.75) is 25.7 Å². The number of likely N-dealkylation sites (tertiary alicyclic amines) is 1. The van der Waals surface area contributed by atoms with Gasteiger partial charge in [0.2, 0.25) is 0 Å². The number of aromatic carboxylic acids is 1. The molecule has 1 atom stereocenters. The highest BCUT2D eigenvalue weighted by Gasteiger charge is 2.23. The molecule has 1 N–H and O–H groups in total. The van der Waals surface area contributed by atoms with Crippen LogP contribution in [0.2, 0.25) is 0 Å².